The number of nitrogens with two attached hydrogens (primary N) is 2. The van der Waals surface area contributed by atoms with E-state index in [1.54, 1.807) is 0 Å². The van der Waals surface area contributed by atoms with Crippen molar-refractivity contribution in [3.63, 3.8) is 0 Å². The zero-order valence-corrected chi connectivity index (χ0v) is 4.01. The first-order valence-corrected chi connectivity index (χ1v) is 1.76. The zero-order valence-electron chi connectivity index (χ0n) is 4.01. The first-order valence-electron chi connectivity index (χ1n) is 1.76. The highest BCUT2D eigenvalue weighted by molar-refractivity contribution is 5.81. The Kier molecular flexibility index (Phi) is 1.35. The molecule has 0 aromatic heterocycles. The van der Waals surface area contributed by atoms with Crippen molar-refractivity contribution in [3.8, 4) is 0 Å². The van der Waals surface area contributed by atoms with Crippen LogP contribution in [0.5, 0.6) is 0 Å². The Morgan fingerprint density at radius 3 is 2.00 bits per heavy atom. The summed E-state index contributed by atoms with van der Waals surface area (Å²) in [5, 5.41) is 8.40. The molecular formula is C3H8N2O2. The maximum absolute atomic E-state index is 9.87. The van der Waals surface area contributed by atoms with Crippen molar-refractivity contribution >= 4 is 5.91 Å². The lowest BCUT2D eigenvalue weighted by Crippen LogP contribution is -2.48. The molecule has 0 unspecified atom stereocenters. The fraction of sp³-hybridized carbons (Fsp3) is 0.667. The van der Waals surface area contributed by atoms with Gasteiger partial charge in [-0.3, -0.25) is 10.5 Å². The van der Waals surface area contributed by atoms with Crippen molar-refractivity contribution in [1.82, 2.24) is 0 Å². The molecule has 0 fully saturated rings. The average molecular weight is 104 g/mol. The van der Waals surface area contributed by atoms with Crippen molar-refractivity contribution in [2.24, 2.45) is 11.5 Å². The quantitative estimate of drug-likeness (QED) is 0.341. The predicted octanol–water partition coefficient (Wildman–Crippen LogP) is -1.86. The van der Waals surface area contributed by atoms with Crippen LogP contribution in [0, 0.1) is 0 Å². The number of carbonyl (C=O) groups is 1. The van der Waals surface area contributed by atoms with Crippen LogP contribution in [-0.2, 0) is 4.79 Å². The zero-order chi connectivity index (χ0) is 6.08. The van der Waals surface area contributed by atoms with Gasteiger partial charge in [0.25, 0.3) is 5.91 Å². The Morgan fingerprint density at radius 2 is 2.00 bits per heavy atom. The number of hydrogen-bond acceptors (Lipinski definition) is 3. The monoisotopic (exact) mass is 104 g/mol. The molecule has 0 radical (unpaired) electrons. The topological polar surface area (TPSA) is 89.3 Å². The highest BCUT2D eigenvalue weighted by atomic mass is 16.3. The highest BCUT2D eigenvalue weighted by Crippen LogP contribution is 1.85. The lowest BCUT2D eigenvalue weighted by atomic mass is 10.3. The highest BCUT2D eigenvalue weighted by Gasteiger charge is 2.19. The van der Waals surface area contributed by atoms with Gasteiger partial charge in [0.1, 0.15) is 0 Å². The van der Waals surface area contributed by atoms with E-state index in [2.05, 4.69) is 5.73 Å². The van der Waals surface area contributed by atoms with Gasteiger partial charge in [-0.1, -0.05) is 0 Å². The third-order valence-electron chi connectivity index (χ3n) is 0.499. The number of amides is 1. The Bertz CT molecular complexity index is 83.4. The lowest BCUT2D eigenvalue weighted by Gasteiger charge is -2.09. The predicted molar refractivity (Wildman–Crippen MR) is 24.0 cm³/mol. The van der Waals surface area contributed by atoms with Crippen LogP contribution in [0.4, 0.5) is 0 Å². The van der Waals surface area contributed by atoms with Gasteiger partial charge in [0.2, 0.25) is 0 Å². The van der Waals surface area contributed by atoms with E-state index < -0.39 is 11.6 Å². The Morgan fingerprint density at radius 1 is 1.86 bits per heavy atom. The molecule has 0 aromatic carbocycles. The summed E-state index contributed by atoms with van der Waals surface area (Å²) in [5.41, 5.74) is 7.45. The van der Waals surface area contributed by atoms with Crippen LogP contribution >= 0.6 is 0 Å². The van der Waals surface area contributed by atoms with Crippen molar-refractivity contribution in [2.45, 2.75) is 12.6 Å². The summed E-state index contributed by atoms with van der Waals surface area (Å²) in [6.45, 7) is 1.12. The third-order valence-corrected chi connectivity index (χ3v) is 0.499. The number of rotatable bonds is 1. The minimum absolute atomic E-state index is 0.924. The first kappa shape index (κ1) is 6.39. The molecule has 4 nitrogen and oxygen atoms in total. The normalized spacial score (nSPS) is 18.1. The van der Waals surface area contributed by atoms with Crippen molar-refractivity contribution in [3.05, 3.63) is 0 Å². The lowest BCUT2D eigenvalue weighted by molar-refractivity contribution is -0.133. The van der Waals surface area contributed by atoms with E-state index >= 15 is 0 Å². The van der Waals surface area contributed by atoms with E-state index in [-0.39, 0.29) is 0 Å². The molecule has 0 bridgehead atoms. The Balaban J connectivity index is 3.79. The van der Waals surface area contributed by atoms with E-state index in [4.69, 9.17) is 10.8 Å². The van der Waals surface area contributed by atoms with Crippen LogP contribution in [0.1, 0.15) is 6.92 Å². The fourth-order valence-electron chi connectivity index (χ4n) is 0. The molecule has 4 heteroatoms. The molecule has 0 saturated heterocycles. The van der Waals surface area contributed by atoms with Crippen LogP contribution < -0.4 is 11.5 Å². The molecule has 0 aromatic rings. The molecule has 1 amide bonds. The van der Waals surface area contributed by atoms with Gasteiger partial charge in [0, 0.05) is 0 Å². The standard InChI is InChI=1S/C3H8N2O2/c1-3(5,7)2(4)6/h7H,5H2,1H3,(H2,4,6)/t3-/m1/s1. The summed E-state index contributed by atoms with van der Waals surface area (Å²) in [5.74, 6) is -0.924. The maximum Gasteiger partial charge on any atom is 0.264 e. The van der Waals surface area contributed by atoms with Gasteiger partial charge < -0.3 is 10.8 Å². The maximum atomic E-state index is 9.87. The number of carbonyl (C=O) groups excluding carboxylic acids is 1. The van der Waals surface area contributed by atoms with Crippen LogP contribution in [0.15, 0.2) is 0 Å². The summed E-state index contributed by atoms with van der Waals surface area (Å²) in [6.07, 6.45) is 0. The molecule has 0 spiro atoms. The van der Waals surface area contributed by atoms with Crippen molar-refractivity contribution in [1.29, 1.82) is 0 Å². The minimum Gasteiger partial charge on any atom is -0.368 e. The van der Waals surface area contributed by atoms with Crippen LogP contribution in [0.2, 0.25) is 0 Å². The van der Waals surface area contributed by atoms with Gasteiger partial charge in [-0.25, -0.2) is 0 Å². The summed E-state index contributed by atoms with van der Waals surface area (Å²) < 4.78 is 0. The molecule has 5 N–H and O–H groups in total. The van der Waals surface area contributed by atoms with Gasteiger partial charge in [0.05, 0.1) is 0 Å². The van der Waals surface area contributed by atoms with Gasteiger partial charge >= 0.3 is 0 Å². The van der Waals surface area contributed by atoms with Gasteiger partial charge in [-0.05, 0) is 6.92 Å². The van der Waals surface area contributed by atoms with E-state index in [1.807, 2.05) is 0 Å². The number of primary amides is 1. The van der Waals surface area contributed by atoms with E-state index in [1.165, 1.54) is 0 Å². The third kappa shape index (κ3) is 2.13. The fourth-order valence-corrected chi connectivity index (χ4v) is 0. The van der Waals surface area contributed by atoms with Crippen LogP contribution in [0.3, 0.4) is 0 Å². The second-order valence-electron chi connectivity index (χ2n) is 1.51. The molecule has 0 aliphatic rings. The molecule has 0 aliphatic carbocycles. The van der Waals surface area contributed by atoms with Gasteiger partial charge in [-0.15, -0.1) is 0 Å². The number of aliphatic hydroxyl groups is 1. The Labute approximate surface area is 41.1 Å². The second-order valence-corrected chi connectivity index (χ2v) is 1.51. The molecule has 0 rings (SSSR count). The molecule has 0 saturated carbocycles. The molecule has 7 heavy (non-hydrogen) atoms. The summed E-state index contributed by atoms with van der Waals surface area (Å²) >= 11 is 0. The molecule has 1 atom stereocenters. The van der Waals surface area contributed by atoms with Gasteiger partial charge in [0.15, 0.2) is 5.72 Å². The van der Waals surface area contributed by atoms with E-state index in [9.17, 15) is 4.79 Å². The largest absolute Gasteiger partial charge is 0.368 e. The van der Waals surface area contributed by atoms with Crippen LogP contribution in [-0.4, -0.2) is 16.7 Å². The average Bonchev–Trinajstić information content (AvgIpc) is 1.31. The summed E-state index contributed by atoms with van der Waals surface area (Å²) in [7, 11) is 0. The molecule has 0 heterocycles. The number of hydrogen-bond donors (Lipinski definition) is 3. The molecule has 0 aliphatic heterocycles. The van der Waals surface area contributed by atoms with Gasteiger partial charge in [-0.2, -0.15) is 0 Å². The minimum atomic E-state index is -1.86. The molecule has 42 valence electrons. The Hall–Kier alpha value is -0.610. The van der Waals surface area contributed by atoms with Crippen molar-refractivity contribution in [2.75, 3.05) is 0 Å². The summed E-state index contributed by atoms with van der Waals surface area (Å²) in [4.78, 5) is 9.87. The van der Waals surface area contributed by atoms with E-state index in [0.29, 0.717) is 0 Å². The molecular weight excluding hydrogens is 96.0 g/mol. The van der Waals surface area contributed by atoms with Crippen LogP contribution in [0.25, 0.3) is 0 Å². The van der Waals surface area contributed by atoms with Crippen molar-refractivity contribution < 1.29 is 9.90 Å². The summed E-state index contributed by atoms with van der Waals surface area (Å²) in [6, 6.07) is 0. The SMILES string of the molecule is C[C@@](N)(O)C(N)=O. The second kappa shape index (κ2) is 1.48. The first-order chi connectivity index (χ1) is 2.94. The van der Waals surface area contributed by atoms with E-state index in [0.717, 1.165) is 6.92 Å². The smallest absolute Gasteiger partial charge is 0.264 e.